The molecule has 0 radical (unpaired) electrons. The zero-order valence-electron chi connectivity index (χ0n) is 11.7. The number of benzene rings is 1. The quantitative estimate of drug-likeness (QED) is 0.781. The molecule has 2 rings (SSSR count). The molecule has 106 valence electrons. The molecule has 4 heteroatoms. The van der Waals surface area contributed by atoms with Crippen LogP contribution in [0.5, 0.6) is 0 Å². The Balaban J connectivity index is 2.07. The van der Waals surface area contributed by atoms with Gasteiger partial charge in [0, 0.05) is 37.7 Å². The molecule has 2 nitrogen and oxygen atoms in total. The topological polar surface area (TPSA) is 6.48 Å². The fraction of sp³-hybridized carbons (Fsp3) is 0.600. The van der Waals surface area contributed by atoms with E-state index in [4.69, 9.17) is 11.6 Å². The number of halogens is 2. The molecule has 1 aromatic carbocycles. The summed E-state index contributed by atoms with van der Waals surface area (Å²) in [7, 11) is 2.05. The van der Waals surface area contributed by atoms with Crippen LogP contribution in [0.2, 0.25) is 0 Å². The number of alkyl halides is 1. The number of piperidine rings is 1. The van der Waals surface area contributed by atoms with Crippen LogP contribution in [0, 0.1) is 5.82 Å². The van der Waals surface area contributed by atoms with Gasteiger partial charge in [-0.05, 0) is 43.1 Å². The van der Waals surface area contributed by atoms with Gasteiger partial charge < -0.3 is 9.80 Å². The van der Waals surface area contributed by atoms with Crippen molar-refractivity contribution < 1.29 is 4.39 Å². The minimum atomic E-state index is -0.203. The number of nitrogens with zero attached hydrogens (tertiary/aromatic N) is 2. The largest absolute Gasteiger partial charge is 0.371 e. The summed E-state index contributed by atoms with van der Waals surface area (Å²) in [6, 6.07) is 5.59. The zero-order chi connectivity index (χ0) is 13.8. The van der Waals surface area contributed by atoms with Gasteiger partial charge in [-0.3, -0.25) is 0 Å². The molecule has 0 unspecified atom stereocenters. The standard InChI is InChI=1S/C15H22ClFN2/c1-3-19-6-4-14(5-7-19)18(2)15-9-12(11-16)8-13(17)10-15/h8-10,14H,3-7,11H2,1-2H3. The van der Waals surface area contributed by atoms with Crippen LogP contribution < -0.4 is 4.90 Å². The van der Waals surface area contributed by atoms with Crippen molar-refractivity contribution in [2.75, 3.05) is 31.6 Å². The SMILES string of the molecule is CCN1CCC(N(C)c2cc(F)cc(CCl)c2)CC1. The second-order valence-electron chi connectivity index (χ2n) is 5.23. The van der Waals surface area contributed by atoms with Gasteiger partial charge in [-0.1, -0.05) is 6.92 Å². The van der Waals surface area contributed by atoms with Gasteiger partial charge in [-0.2, -0.15) is 0 Å². The van der Waals surface area contributed by atoms with Crippen LogP contribution in [0.1, 0.15) is 25.3 Å². The highest BCUT2D eigenvalue weighted by Gasteiger charge is 2.22. The molecule has 0 amide bonds. The number of hydrogen-bond acceptors (Lipinski definition) is 2. The Bertz CT molecular complexity index is 417. The second-order valence-corrected chi connectivity index (χ2v) is 5.49. The molecular weight excluding hydrogens is 263 g/mol. The van der Waals surface area contributed by atoms with E-state index in [1.807, 2.05) is 6.07 Å². The molecule has 0 saturated carbocycles. The third-order valence-electron chi connectivity index (χ3n) is 4.06. The van der Waals surface area contributed by atoms with Gasteiger partial charge >= 0.3 is 0 Å². The van der Waals surface area contributed by atoms with E-state index in [0.29, 0.717) is 11.9 Å². The van der Waals surface area contributed by atoms with Crippen molar-refractivity contribution in [3.63, 3.8) is 0 Å². The molecule has 0 spiro atoms. The molecule has 0 aliphatic carbocycles. The zero-order valence-corrected chi connectivity index (χ0v) is 12.5. The molecular formula is C15H22ClFN2. The summed E-state index contributed by atoms with van der Waals surface area (Å²) in [5.74, 6) is 0.151. The van der Waals surface area contributed by atoms with Crippen molar-refractivity contribution in [2.24, 2.45) is 0 Å². The highest BCUT2D eigenvalue weighted by atomic mass is 35.5. The maximum Gasteiger partial charge on any atom is 0.125 e. The Morgan fingerprint density at radius 2 is 2.00 bits per heavy atom. The third kappa shape index (κ3) is 3.61. The van der Waals surface area contributed by atoms with Crippen LogP contribution in [-0.2, 0) is 5.88 Å². The van der Waals surface area contributed by atoms with Gasteiger partial charge in [-0.25, -0.2) is 4.39 Å². The number of hydrogen-bond donors (Lipinski definition) is 0. The first-order valence-corrected chi connectivity index (χ1v) is 7.48. The highest BCUT2D eigenvalue weighted by Crippen LogP contribution is 2.24. The summed E-state index contributed by atoms with van der Waals surface area (Å²) in [5.41, 5.74) is 1.78. The van der Waals surface area contributed by atoms with E-state index in [9.17, 15) is 4.39 Å². The Labute approximate surface area is 120 Å². The van der Waals surface area contributed by atoms with Crippen LogP contribution in [0.15, 0.2) is 18.2 Å². The lowest BCUT2D eigenvalue weighted by molar-refractivity contribution is 0.221. The number of likely N-dealkylation sites (tertiary alicyclic amines) is 1. The van der Waals surface area contributed by atoms with Gasteiger partial charge in [-0.15, -0.1) is 11.6 Å². The van der Waals surface area contributed by atoms with E-state index in [0.717, 1.165) is 43.7 Å². The average Bonchev–Trinajstić information content (AvgIpc) is 2.46. The van der Waals surface area contributed by atoms with Crippen molar-refractivity contribution in [3.8, 4) is 0 Å². The molecule has 0 N–H and O–H groups in total. The minimum Gasteiger partial charge on any atom is -0.371 e. The first-order valence-electron chi connectivity index (χ1n) is 6.94. The monoisotopic (exact) mass is 284 g/mol. The Kier molecular flexibility index (Phi) is 5.06. The number of rotatable bonds is 4. The normalized spacial score (nSPS) is 17.7. The van der Waals surface area contributed by atoms with Gasteiger partial charge in [0.05, 0.1) is 0 Å². The summed E-state index contributed by atoms with van der Waals surface area (Å²) in [6.07, 6.45) is 2.27. The second kappa shape index (κ2) is 6.58. The number of anilines is 1. The molecule has 1 aromatic rings. The molecule has 1 aliphatic rings. The summed E-state index contributed by atoms with van der Waals surface area (Å²) in [6.45, 7) is 5.57. The van der Waals surface area contributed by atoms with Gasteiger partial charge in [0.2, 0.25) is 0 Å². The fourth-order valence-corrected chi connectivity index (χ4v) is 2.90. The van der Waals surface area contributed by atoms with E-state index in [1.165, 1.54) is 6.07 Å². The molecule has 0 atom stereocenters. The molecule has 0 bridgehead atoms. The summed E-state index contributed by atoms with van der Waals surface area (Å²) in [5, 5.41) is 0. The van der Waals surface area contributed by atoms with Crippen LogP contribution in [0.4, 0.5) is 10.1 Å². The molecule has 1 fully saturated rings. The molecule has 1 saturated heterocycles. The maximum absolute atomic E-state index is 13.6. The van der Waals surface area contributed by atoms with E-state index >= 15 is 0 Å². The van der Waals surface area contributed by atoms with Crippen molar-refractivity contribution in [1.82, 2.24) is 4.90 Å². The molecule has 19 heavy (non-hydrogen) atoms. The third-order valence-corrected chi connectivity index (χ3v) is 4.36. The Morgan fingerprint density at radius 1 is 1.32 bits per heavy atom. The van der Waals surface area contributed by atoms with Gasteiger partial charge in [0.25, 0.3) is 0 Å². The minimum absolute atomic E-state index is 0.203. The van der Waals surface area contributed by atoms with Crippen molar-refractivity contribution in [3.05, 3.63) is 29.6 Å². The fourth-order valence-electron chi connectivity index (χ4n) is 2.75. The van der Waals surface area contributed by atoms with Gasteiger partial charge in [0.1, 0.15) is 5.82 Å². The first kappa shape index (κ1) is 14.6. The maximum atomic E-state index is 13.6. The predicted molar refractivity (Wildman–Crippen MR) is 79.5 cm³/mol. The van der Waals surface area contributed by atoms with E-state index in [1.54, 1.807) is 6.07 Å². The van der Waals surface area contributed by atoms with Crippen molar-refractivity contribution >= 4 is 17.3 Å². The van der Waals surface area contributed by atoms with Crippen LogP contribution in [0.25, 0.3) is 0 Å². The van der Waals surface area contributed by atoms with Crippen LogP contribution >= 0.6 is 11.6 Å². The van der Waals surface area contributed by atoms with Gasteiger partial charge in [0.15, 0.2) is 0 Å². The molecule has 1 heterocycles. The Morgan fingerprint density at radius 3 is 2.58 bits per heavy atom. The van der Waals surface area contributed by atoms with Crippen molar-refractivity contribution in [2.45, 2.75) is 31.7 Å². The van der Waals surface area contributed by atoms with E-state index in [-0.39, 0.29) is 5.82 Å². The first-order chi connectivity index (χ1) is 9.13. The highest BCUT2D eigenvalue weighted by molar-refractivity contribution is 6.17. The van der Waals surface area contributed by atoms with E-state index < -0.39 is 0 Å². The lowest BCUT2D eigenvalue weighted by atomic mass is 10.0. The molecule has 1 aliphatic heterocycles. The predicted octanol–water partition coefficient (Wildman–Crippen LogP) is 3.49. The smallest absolute Gasteiger partial charge is 0.125 e. The summed E-state index contributed by atoms with van der Waals surface area (Å²) >= 11 is 5.81. The molecule has 0 aromatic heterocycles. The average molecular weight is 285 g/mol. The van der Waals surface area contributed by atoms with Crippen molar-refractivity contribution in [1.29, 1.82) is 0 Å². The summed E-state index contributed by atoms with van der Waals surface area (Å²) in [4.78, 5) is 4.66. The summed E-state index contributed by atoms with van der Waals surface area (Å²) < 4.78 is 13.6. The van der Waals surface area contributed by atoms with Crippen LogP contribution in [0.3, 0.4) is 0 Å². The van der Waals surface area contributed by atoms with Crippen LogP contribution in [-0.4, -0.2) is 37.6 Å². The lowest BCUT2D eigenvalue weighted by Crippen LogP contribution is -2.43. The Hall–Kier alpha value is -0.800. The lowest BCUT2D eigenvalue weighted by Gasteiger charge is -2.37. The van der Waals surface area contributed by atoms with E-state index in [2.05, 4.69) is 23.8 Å².